The second-order valence-corrected chi connectivity index (χ2v) is 8.38. The Morgan fingerprint density at radius 1 is 1.23 bits per heavy atom. The van der Waals surface area contributed by atoms with Gasteiger partial charge in [0.25, 0.3) is 5.91 Å². The van der Waals surface area contributed by atoms with Crippen molar-refractivity contribution in [3.8, 4) is 0 Å². The smallest absolute Gasteiger partial charge is 0.317 e. The third kappa shape index (κ3) is 4.98. The van der Waals surface area contributed by atoms with Gasteiger partial charge < -0.3 is 20.0 Å². The number of hydrogen-bond donors (Lipinski definition) is 2. The van der Waals surface area contributed by atoms with Gasteiger partial charge in [0.05, 0.1) is 12.8 Å². The van der Waals surface area contributed by atoms with Crippen molar-refractivity contribution < 1.29 is 14.0 Å². The molecule has 0 unspecified atom stereocenters. The second-order valence-electron chi connectivity index (χ2n) is 6.93. The number of benzene rings is 1. The Balaban J connectivity index is 1.34. The molecule has 0 radical (unpaired) electrons. The highest BCUT2D eigenvalue weighted by atomic mass is 35.5. The molecule has 156 valence electrons. The minimum absolute atomic E-state index is 0.0581. The number of nitrogens with one attached hydrogen (secondary N) is 2. The van der Waals surface area contributed by atoms with E-state index in [1.807, 2.05) is 6.07 Å². The molecule has 1 fully saturated rings. The van der Waals surface area contributed by atoms with Crippen molar-refractivity contribution >= 4 is 40.6 Å². The van der Waals surface area contributed by atoms with Gasteiger partial charge in [-0.3, -0.25) is 4.79 Å². The molecule has 0 aliphatic carbocycles. The number of furan rings is 1. The molecule has 2 N–H and O–H groups in total. The van der Waals surface area contributed by atoms with E-state index in [0.717, 1.165) is 17.8 Å². The molecule has 1 saturated heterocycles. The van der Waals surface area contributed by atoms with E-state index in [1.165, 1.54) is 11.3 Å². The number of likely N-dealkylation sites (tertiary alicyclic amines) is 1. The topological polar surface area (TPSA) is 100 Å². The zero-order valence-corrected chi connectivity index (χ0v) is 17.6. The summed E-state index contributed by atoms with van der Waals surface area (Å²) in [6.07, 6.45) is 3.34. The van der Waals surface area contributed by atoms with Crippen LogP contribution in [0, 0.1) is 0 Å². The lowest BCUT2D eigenvalue weighted by Gasteiger charge is -2.31. The minimum Gasteiger partial charge on any atom is -0.467 e. The fourth-order valence-corrected chi connectivity index (χ4v) is 4.25. The number of carbonyl (C=O) groups excluding carboxylic acids is 2. The summed E-state index contributed by atoms with van der Waals surface area (Å²) in [5, 5.41) is 15.6. The summed E-state index contributed by atoms with van der Waals surface area (Å²) >= 11 is 7.13. The third-order valence-electron chi connectivity index (χ3n) is 4.79. The molecule has 2 aromatic heterocycles. The fourth-order valence-electron chi connectivity index (χ4n) is 3.26. The lowest BCUT2D eigenvalue weighted by Crippen LogP contribution is -2.44. The summed E-state index contributed by atoms with van der Waals surface area (Å²) in [6, 6.07) is 10.3. The van der Waals surface area contributed by atoms with Crippen molar-refractivity contribution in [3.05, 3.63) is 63.5 Å². The molecular formula is C20H20ClN5O3S. The first-order chi connectivity index (χ1) is 14.6. The Kier molecular flexibility index (Phi) is 6.29. The van der Waals surface area contributed by atoms with Crippen LogP contribution in [0.5, 0.6) is 0 Å². The number of aromatic nitrogens is 2. The highest BCUT2D eigenvalue weighted by molar-refractivity contribution is 7.13. The van der Waals surface area contributed by atoms with E-state index >= 15 is 0 Å². The van der Waals surface area contributed by atoms with Crippen LogP contribution < -0.4 is 10.6 Å². The molecule has 1 aliphatic rings. The highest BCUT2D eigenvalue weighted by Crippen LogP contribution is 2.29. The summed E-state index contributed by atoms with van der Waals surface area (Å²) in [6.45, 7) is 1.57. The van der Waals surface area contributed by atoms with Crippen molar-refractivity contribution in [1.82, 2.24) is 20.4 Å². The molecule has 3 aromatic rings. The van der Waals surface area contributed by atoms with Crippen molar-refractivity contribution in [2.24, 2.45) is 0 Å². The van der Waals surface area contributed by atoms with Crippen molar-refractivity contribution in [2.45, 2.75) is 25.3 Å². The predicted molar refractivity (Wildman–Crippen MR) is 114 cm³/mol. The first-order valence-electron chi connectivity index (χ1n) is 9.54. The largest absolute Gasteiger partial charge is 0.467 e. The van der Waals surface area contributed by atoms with Gasteiger partial charge in [-0.2, -0.15) is 0 Å². The van der Waals surface area contributed by atoms with Crippen LogP contribution in [0.2, 0.25) is 5.02 Å². The van der Waals surface area contributed by atoms with Crippen molar-refractivity contribution in [1.29, 1.82) is 0 Å². The summed E-state index contributed by atoms with van der Waals surface area (Å²) in [4.78, 5) is 26.7. The molecule has 30 heavy (non-hydrogen) atoms. The first-order valence-corrected chi connectivity index (χ1v) is 10.7. The average Bonchev–Trinajstić information content (AvgIpc) is 3.46. The van der Waals surface area contributed by atoms with Gasteiger partial charge in [-0.1, -0.05) is 22.9 Å². The maximum atomic E-state index is 12.5. The Bertz CT molecular complexity index is 1010. The summed E-state index contributed by atoms with van der Waals surface area (Å²) < 4.78 is 5.24. The molecule has 3 amide bonds. The number of piperidine rings is 1. The molecule has 0 saturated carbocycles. The van der Waals surface area contributed by atoms with E-state index in [1.54, 1.807) is 41.5 Å². The second kappa shape index (κ2) is 9.27. The van der Waals surface area contributed by atoms with Crippen LogP contribution in [0.25, 0.3) is 0 Å². The average molecular weight is 446 g/mol. The number of rotatable bonds is 5. The SMILES string of the molecule is O=C(Nc1ccc(Cl)cc1)c1nnc([C@@H]2CCCN(C(=O)NCc3ccco3)C2)s1. The molecule has 10 heteroatoms. The third-order valence-corrected chi connectivity index (χ3v) is 6.13. The maximum Gasteiger partial charge on any atom is 0.317 e. The van der Waals surface area contributed by atoms with E-state index < -0.39 is 0 Å². The molecule has 0 spiro atoms. The van der Waals surface area contributed by atoms with Crippen LogP contribution in [-0.2, 0) is 6.54 Å². The molecule has 1 atom stereocenters. The van der Waals surface area contributed by atoms with Gasteiger partial charge in [0.1, 0.15) is 10.8 Å². The molecule has 8 nitrogen and oxygen atoms in total. The maximum absolute atomic E-state index is 12.5. The Labute approximate surface area is 182 Å². The van der Waals surface area contributed by atoms with Gasteiger partial charge in [-0.05, 0) is 49.2 Å². The monoisotopic (exact) mass is 445 g/mol. The number of anilines is 1. The van der Waals surface area contributed by atoms with Crippen LogP contribution in [0.4, 0.5) is 10.5 Å². The van der Waals surface area contributed by atoms with E-state index in [2.05, 4.69) is 20.8 Å². The number of carbonyl (C=O) groups is 2. The van der Waals surface area contributed by atoms with E-state index in [-0.39, 0.29) is 17.9 Å². The Morgan fingerprint density at radius 2 is 2.07 bits per heavy atom. The number of halogens is 1. The molecule has 1 aliphatic heterocycles. The van der Waals surface area contributed by atoms with Crippen LogP contribution in [-0.4, -0.2) is 40.1 Å². The van der Waals surface area contributed by atoms with Crippen LogP contribution in [0.1, 0.15) is 39.3 Å². The van der Waals surface area contributed by atoms with Crippen LogP contribution >= 0.6 is 22.9 Å². The van der Waals surface area contributed by atoms with Gasteiger partial charge in [0.2, 0.25) is 5.01 Å². The molecule has 0 bridgehead atoms. The standard InChI is InChI=1S/C20H20ClN5O3S/c21-14-5-7-15(8-6-14)23-17(27)19-25-24-18(30-19)13-3-1-9-26(12-13)20(28)22-11-16-4-2-10-29-16/h2,4-8,10,13H,1,3,9,11-12H2,(H,22,28)(H,23,27)/t13-/m1/s1. The summed E-state index contributed by atoms with van der Waals surface area (Å²) in [7, 11) is 0. The summed E-state index contributed by atoms with van der Waals surface area (Å²) in [5.74, 6) is 0.449. The molecule has 4 rings (SSSR count). The molecule has 1 aromatic carbocycles. The molecular weight excluding hydrogens is 426 g/mol. The Hall–Kier alpha value is -2.91. The Morgan fingerprint density at radius 3 is 2.83 bits per heavy atom. The minimum atomic E-state index is -0.315. The van der Waals surface area contributed by atoms with E-state index in [4.69, 9.17) is 16.0 Å². The van der Waals surface area contributed by atoms with Gasteiger partial charge in [-0.15, -0.1) is 10.2 Å². The zero-order chi connectivity index (χ0) is 20.9. The summed E-state index contributed by atoms with van der Waals surface area (Å²) in [5.41, 5.74) is 0.637. The van der Waals surface area contributed by atoms with Crippen LogP contribution in [0.3, 0.4) is 0 Å². The quantitative estimate of drug-likeness (QED) is 0.615. The van der Waals surface area contributed by atoms with E-state index in [0.29, 0.717) is 41.1 Å². The van der Waals surface area contributed by atoms with Crippen molar-refractivity contribution in [2.75, 3.05) is 18.4 Å². The van der Waals surface area contributed by atoms with E-state index in [9.17, 15) is 9.59 Å². The van der Waals surface area contributed by atoms with Gasteiger partial charge >= 0.3 is 6.03 Å². The highest BCUT2D eigenvalue weighted by Gasteiger charge is 2.28. The zero-order valence-electron chi connectivity index (χ0n) is 16.0. The van der Waals surface area contributed by atoms with Gasteiger partial charge in [0.15, 0.2) is 0 Å². The number of urea groups is 1. The van der Waals surface area contributed by atoms with Crippen molar-refractivity contribution in [3.63, 3.8) is 0 Å². The number of hydrogen-bond acceptors (Lipinski definition) is 6. The predicted octanol–water partition coefficient (Wildman–Crippen LogP) is 4.13. The van der Waals surface area contributed by atoms with Gasteiger partial charge in [-0.25, -0.2) is 4.79 Å². The fraction of sp³-hybridized carbons (Fsp3) is 0.300. The normalized spacial score (nSPS) is 16.3. The first kappa shape index (κ1) is 20.4. The van der Waals surface area contributed by atoms with Crippen LogP contribution in [0.15, 0.2) is 47.1 Å². The molecule has 3 heterocycles. The lowest BCUT2D eigenvalue weighted by molar-refractivity contribution is 0.102. The number of nitrogens with zero attached hydrogens (tertiary/aromatic N) is 3. The van der Waals surface area contributed by atoms with Gasteiger partial charge in [0, 0.05) is 29.7 Å². The lowest BCUT2D eigenvalue weighted by atomic mass is 9.99. The number of amides is 3.